The first kappa shape index (κ1) is 14.1. The lowest BCUT2D eigenvalue weighted by molar-refractivity contribution is -0.117. The Kier molecular flexibility index (Phi) is 4.26. The highest BCUT2D eigenvalue weighted by atomic mass is 35.5. The summed E-state index contributed by atoms with van der Waals surface area (Å²) in [4.78, 5) is 32.4. The number of halogens is 1. The molecule has 1 saturated heterocycles. The monoisotopic (exact) mass is 301 g/mol. The van der Waals surface area contributed by atoms with Crippen molar-refractivity contribution in [1.82, 2.24) is 9.97 Å². The first-order valence-corrected chi connectivity index (χ1v) is 6.80. The Morgan fingerprint density at radius 2 is 2.32 bits per heavy atom. The van der Waals surface area contributed by atoms with Crippen LogP contribution in [0.5, 0.6) is 5.75 Å². The van der Waals surface area contributed by atoms with Gasteiger partial charge in [-0.1, -0.05) is 23.4 Å². The predicted octanol–water partition coefficient (Wildman–Crippen LogP) is 1.52. The van der Waals surface area contributed by atoms with E-state index in [2.05, 4.69) is 9.97 Å². The number of hydrogen-bond acceptors (Lipinski definition) is 6. The molecule has 0 bridgehead atoms. The van der Waals surface area contributed by atoms with Crippen LogP contribution in [0, 0.1) is 0 Å². The van der Waals surface area contributed by atoms with Gasteiger partial charge in [0.25, 0.3) is 0 Å². The Morgan fingerprint density at radius 3 is 2.95 bits per heavy atom. The molecular formula is C11H12ClN3O3S. The summed E-state index contributed by atoms with van der Waals surface area (Å²) in [6.45, 7) is 1.90. The van der Waals surface area contributed by atoms with Crippen molar-refractivity contribution in [2.24, 2.45) is 0 Å². The van der Waals surface area contributed by atoms with E-state index in [0.29, 0.717) is 18.8 Å². The standard InChI is InChI=1S/C11H12ClN3O3S/c1-6(16)19-7-3-8(17)15(4-7)11-9(18-2)10(12)13-5-14-11/h5,7H,3-4H2,1-2H3. The van der Waals surface area contributed by atoms with Gasteiger partial charge in [0, 0.05) is 25.1 Å². The Hall–Kier alpha value is -1.34. The SMILES string of the molecule is COc1c(Cl)ncnc1N1CC(SC(C)=O)CC1=O. The smallest absolute Gasteiger partial charge is 0.229 e. The molecule has 19 heavy (non-hydrogen) atoms. The number of amides is 1. The van der Waals surface area contributed by atoms with Crippen LogP contribution in [0.1, 0.15) is 13.3 Å². The van der Waals surface area contributed by atoms with Crippen LogP contribution in [0.15, 0.2) is 6.33 Å². The van der Waals surface area contributed by atoms with Crippen molar-refractivity contribution in [3.05, 3.63) is 11.5 Å². The molecule has 1 atom stereocenters. The van der Waals surface area contributed by atoms with Crippen LogP contribution < -0.4 is 9.64 Å². The molecule has 1 aliphatic heterocycles. The number of carbonyl (C=O) groups is 2. The van der Waals surface area contributed by atoms with Gasteiger partial charge in [0.15, 0.2) is 21.8 Å². The molecule has 0 radical (unpaired) electrons. The zero-order valence-corrected chi connectivity index (χ0v) is 12.0. The minimum atomic E-state index is -0.105. The van der Waals surface area contributed by atoms with E-state index in [0.717, 1.165) is 11.8 Å². The first-order chi connectivity index (χ1) is 9.02. The largest absolute Gasteiger partial charge is 0.490 e. The second kappa shape index (κ2) is 5.75. The van der Waals surface area contributed by atoms with Gasteiger partial charge in [-0.2, -0.15) is 0 Å². The molecule has 0 spiro atoms. The highest BCUT2D eigenvalue weighted by molar-refractivity contribution is 8.14. The van der Waals surface area contributed by atoms with Crippen molar-refractivity contribution in [2.45, 2.75) is 18.6 Å². The maximum absolute atomic E-state index is 12.0. The van der Waals surface area contributed by atoms with E-state index in [1.54, 1.807) is 0 Å². The Labute approximate surface area is 119 Å². The molecule has 0 aliphatic carbocycles. The summed E-state index contributed by atoms with van der Waals surface area (Å²) < 4.78 is 5.13. The van der Waals surface area contributed by atoms with E-state index >= 15 is 0 Å². The van der Waals surface area contributed by atoms with Crippen LogP contribution in [-0.2, 0) is 9.59 Å². The number of hydrogen-bond donors (Lipinski definition) is 0. The summed E-state index contributed by atoms with van der Waals surface area (Å²) in [5, 5.41) is 0.0822. The van der Waals surface area contributed by atoms with Crippen molar-refractivity contribution in [1.29, 1.82) is 0 Å². The summed E-state index contributed by atoms with van der Waals surface area (Å²) in [5.74, 6) is 0.511. The van der Waals surface area contributed by atoms with Crippen molar-refractivity contribution in [3.8, 4) is 5.75 Å². The van der Waals surface area contributed by atoms with Crippen LogP contribution in [0.25, 0.3) is 0 Å². The average Bonchev–Trinajstić information content (AvgIpc) is 2.68. The van der Waals surface area contributed by atoms with E-state index < -0.39 is 0 Å². The van der Waals surface area contributed by atoms with Crippen LogP contribution in [0.3, 0.4) is 0 Å². The summed E-state index contributed by atoms with van der Waals surface area (Å²) >= 11 is 7.07. The third kappa shape index (κ3) is 2.98. The van der Waals surface area contributed by atoms with E-state index in [1.807, 2.05) is 0 Å². The molecular weight excluding hydrogens is 290 g/mol. The van der Waals surface area contributed by atoms with Crippen LogP contribution in [-0.4, -0.2) is 39.9 Å². The highest BCUT2D eigenvalue weighted by Gasteiger charge is 2.34. The van der Waals surface area contributed by atoms with Crippen LogP contribution in [0.2, 0.25) is 5.15 Å². The van der Waals surface area contributed by atoms with Gasteiger partial charge in [-0.3, -0.25) is 14.5 Å². The number of thioether (sulfide) groups is 1. The van der Waals surface area contributed by atoms with E-state index in [-0.39, 0.29) is 27.2 Å². The van der Waals surface area contributed by atoms with E-state index in [9.17, 15) is 9.59 Å². The Morgan fingerprint density at radius 1 is 1.58 bits per heavy atom. The van der Waals surface area contributed by atoms with Crippen LogP contribution >= 0.6 is 23.4 Å². The quantitative estimate of drug-likeness (QED) is 0.788. The molecule has 6 nitrogen and oxygen atoms in total. The molecule has 1 unspecified atom stereocenters. The topological polar surface area (TPSA) is 72.4 Å². The van der Waals surface area contributed by atoms with Gasteiger partial charge in [-0.15, -0.1) is 0 Å². The van der Waals surface area contributed by atoms with Crippen molar-refractivity contribution < 1.29 is 14.3 Å². The molecule has 8 heteroatoms. The molecule has 1 amide bonds. The maximum Gasteiger partial charge on any atom is 0.229 e. The van der Waals surface area contributed by atoms with Gasteiger partial charge in [0.2, 0.25) is 5.91 Å². The lowest BCUT2D eigenvalue weighted by Crippen LogP contribution is -2.26. The summed E-state index contributed by atoms with van der Waals surface area (Å²) in [6, 6.07) is 0. The number of aromatic nitrogens is 2. The molecule has 2 rings (SSSR count). The predicted molar refractivity (Wildman–Crippen MR) is 72.6 cm³/mol. The number of carbonyl (C=O) groups excluding carboxylic acids is 2. The molecule has 1 aliphatic rings. The fourth-order valence-electron chi connectivity index (χ4n) is 1.90. The third-order valence-corrected chi connectivity index (χ3v) is 3.87. The molecule has 1 aromatic heterocycles. The van der Waals surface area contributed by atoms with E-state index in [1.165, 1.54) is 25.3 Å². The molecule has 0 aromatic carbocycles. The first-order valence-electron chi connectivity index (χ1n) is 5.55. The number of methoxy groups -OCH3 is 1. The van der Waals surface area contributed by atoms with Gasteiger partial charge in [0.05, 0.1) is 7.11 Å². The fraction of sp³-hybridized carbons (Fsp3) is 0.455. The molecule has 102 valence electrons. The zero-order chi connectivity index (χ0) is 14.0. The lowest BCUT2D eigenvalue weighted by Gasteiger charge is -2.18. The van der Waals surface area contributed by atoms with Crippen molar-refractivity contribution >= 4 is 40.2 Å². The maximum atomic E-state index is 12.0. The third-order valence-electron chi connectivity index (χ3n) is 2.62. The van der Waals surface area contributed by atoms with E-state index in [4.69, 9.17) is 16.3 Å². The van der Waals surface area contributed by atoms with Gasteiger partial charge >= 0.3 is 0 Å². The highest BCUT2D eigenvalue weighted by Crippen LogP contribution is 2.35. The molecule has 1 aromatic rings. The van der Waals surface area contributed by atoms with Crippen molar-refractivity contribution in [2.75, 3.05) is 18.6 Å². The van der Waals surface area contributed by atoms with Gasteiger partial charge in [0.1, 0.15) is 6.33 Å². The van der Waals surface area contributed by atoms with Gasteiger partial charge < -0.3 is 4.74 Å². The number of rotatable bonds is 3. The number of ether oxygens (including phenoxy) is 1. The summed E-state index contributed by atoms with van der Waals surface area (Å²) in [5.41, 5.74) is 0. The number of nitrogens with zero attached hydrogens (tertiary/aromatic N) is 3. The second-order valence-corrected chi connectivity index (χ2v) is 5.80. The molecule has 0 N–H and O–H groups in total. The minimum absolute atomic E-state index is 0.00710. The fourth-order valence-corrected chi connectivity index (χ4v) is 3.03. The molecule has 2 heterocycles. The summed E-state index contributed by atoms with van der Waals surface area (Å²) in [6.07, 6.45) is 1.58. The Bertz CT molecular complexity index is 526. The average molecular weight is 302 g/mol. The molecule has 1 fully saturated rings. The number of anilines is 1. The van der Waals surface area contributed by atoms with Crippen molar-refractivity contribution in [3.63, 3.8) is 0 Å². The second-order valence-electron chi connectivity index (χ2n) is 3.96. The van der Waals surface area contributed by atoms with Crippen LogP contribution in [0.4, 0.5) is 5.82 Å². The van der Waals surface area contributed by atoms with Gasteiger partial charge in [-0.05, 0) is 0 Å². The minimum Gasteiger partial charge on any atom is -0.490 e. The van der Waals surface area contributed by atoms with Gasteiger partial charge in [-0.25, -0.2) is 9.97 Å². The molecule has 0 saturated carbocycles. The normalized spacial score (nSPS) is 18.8. The Balaban J connectivity index is 2.25. The lowest BCUT2D eigenvalue weighted by atomic mass is 10.4. The summed E-state index contributed by atoms with van der Waals surface area (Å²) in [7, 11) is 1.44. The zero-order valence-electron chi connectivity index (χ0n) is 10.4.